The van der Waals surface area contributed by atoms with Crippen LogP contribution in [0.5, 0.6) is 0 Å². The van der Waals surface area contributed by atoms with Crippen molar-refractivity contribution in [2.75, 3.05) is 7.05 Å². The van der Waals surface area contributed by atoms with Crippen molar-refractivity contribution < 1.29 is 13.2 Å². The molecule has 2 rings (SSSR count). The van der Waals surface area contributed by atoms with Gasteiger partial charge in [0.1, 0.15) is 5.01 Å². The van der Waals surface area contributed by atoms with E-state index in [1.807, 2.05) is 25.1 Å². The van der Waals surface area contributed by atoms with Crippen molar-refractivity contribution in [3.8, 4) is 0 Å². The van der Waals surface area contributed by atoms with E-state index in [2.05, 4.69) is 25.6 Å². The molecule has 0 radical (unpaired) electrons. The van der Waals surface area contributed by atoms with Gasteiger partial charge in [-0.3, -0.25) is 9.98 Å². The minimum atomic E-state index is -4.41. The number of hydrogen-bond acceptors (Lipinski definition) is 4. The molecule has 0 unspecified atom stereocenters. The molecule has 0 bridgehead atoms. The van der Waals surface area contributed by atoms with E-state index in [0.29, 0.717) is 17.5 Å². The molecule has 0 aliphatic rings. The summed E-state index contributed by atoms with van der Waals surface area (Å²) in [7, 11) is 1.59. The highest BCUT2D eigenvalue weighted by atomic mass is 32.1. The predicted molar refractivity (Wildman–Crippen MR) is 83.1 cm³/mol. The molecule has 0 fully saturated rings. The summed E-state index contributed by atoms with van der Waals surface area (Å²) in [4.78, 5) is 11.9. The second-order valence-corrected chi connectivity index (χ2v) is 5.62. The number of aliphatic imine (C=N–C) groups is 1. The number of alkyl halides is 3. The first-order chi connectivity index (χ1) is 10.9. The summed E-state index contributed by atoms with van der Waals surface area (Å²) in [5, 5.41) is 7.32. The number of aromatic nitrogens is 2. The molecule has 0 spiro atoms. The Morgan fingerprint density at radius 3 is 2.57 bits per heavy atom. The standard InChI is InChI=1S/C14H16F3N5S/c1-9-4-3-5-10(21-9)6-19-13(18-2)20-7-12-22-11(8-23-12)14(15,16)17/h3-5,8H,6-7H2,1-2H3,(H2,18,19,20). The molecule has 0 atom stereocenters. The average Bonchev–Trinajstić information content (AvgIpc) is 2.96. The molecule has 0 amide bonds. The molecule has 0 saturated heterocycles. The van der Waals surface area contributed by atoms with Gasteiger partial charge in [0, 0.05) is 18.1 Å². The molecule has 2 heterocycles. The fraction of sp³-hybridized carbons (Fsp3) is 0.357. The molecular weight excluding hydrogens is 327 g/mol. The van der Waals surface area contributed by atoms with E-state index in [9.17, 15) is 13.2 Å². The third kappa shape index (κ3) is 5.20. The summed E-state index contributed by atoms with van der Waals surface area (Å²) >= 11 is 0.957. The minimum absolute atomic E-state index is 0.168. The quantitative estimate of drug-likeness (QED) is 0.662. The molecule has 2 aromatic rings. The smallest absolute Gasteiger partial charge is 0.351 e. The van der Waals surface area contributed by atoms with Crippen molar-refractivity contribution in [3.05, 3.63) is 45.7 Å². The Bertz CT molecular complexity index is 681. The summed E-state index contributed by atoms with van der Waals surface area (Å²) < 4.78 is 37.5. The molecule has 9 heteroatoms. The summed E-state index contributed by atoms with van der Waals surface area (Å²) in [6.07, 6.45) is -4.41. The van der Waals surface area contributed by atoms with E-state index in [1.165, 1.54) is 0 Å². The van der Waals surface area contributed by atoms with Gasteiger partial charge in [-0.15, -0.1) is 11.3 Å². The Kier molecular flexibility index (Phi) is 5.54. The van der Waals surface area contributed by atoms with Crippen LogP contribution in [-0.2, 0) is 19.3 Å². The highest BCUT2D eigenvalue weighted by molar-refractivity contribution is 7.09. The zero-order chi connectivity index (χ0) is 16.9. The fourth-order valence-electron chi connectivity index (χ4n) is 1.77. The van der Waals surface area contributed by atoms with Crippen molar-refractivity contribution in [3.63, 3.8) is 0 Å². The summed E-state index contributed by atoms with van der Waals surface area (Å²) in [6.45, 7) is 2.53. The van der Waals surface area contributed by atoms with Crippen LogP contribution in [0.25, 0.3) is 0 Å². The maximum Gasteiger partial charge on any atom is 0.434 e. The van der Waals surface area contributed by atoms with Gasteiger partial charge in [0.2, 0.25) is 0 Å². The molecule has 124 valence electrons. The zero-order valence-corrected chi connectivity index (χ0v) is 13.4. The lowest BCUT2D eigenvalue weighted by atomic mass is 10.3. The first-order valence-corrected chi connectivity index (χ1v) is 7.65. The zero-order valence-electron chi connectivity index (χ0n) is 12.6. The van der Waals surface area contributed by atoms with Crippen molar-refractivity contribution in [1.82, 2.24) is 20.6 Å². The second-order valence-electron chi connectivity index (χ2n) is 4.67. The summed E-state index contributed by atoms with van der Waals surface area (Å²) in [5.41, 5.74) is 0.891. The van der Waals surface area contributed by atoms with Gasteiger partial charge in [-0.2, -0.15) is 13.2 Å². The lowest BCUT2D eigenvalue weighted by Crippen LogP contribution is -2.36. The summed E-state index contributed by atoms with van der Waals surface area (Å²) in [6, 6.07) is 5.69. The van der Waals surface area contributed by atoms with Crippen LogP contribution in [0.2, 0.25) is 0 Å². The number of hydrogen-bond donors (Lipinski definition) is 2. The maximum absolute atomic E-state index is 12.5. The summed E-state index contributed by atoms with van der Waals surface area (Å²) in [5.74, 6) is 0.470. The first kappa shape index (κ1) is 17.2. The lowest BCUT2D eigenvalue weighted by Gasteiger charge is -2.10. The molecule has 2 N–H and O–H groups in total. The number of halogens is 3. The van der Waals surface area contributed by atoms with Crippen LogP contribution in [0.1, 0.15) is 22.1 Å². The third-order valence-electron chi connectivity index (χ3n) is 2.86. The predicted octanol–water partition coefficient (Wildman–Crippen LogP) is 2.73. The van der Waals surface area contributed by atoms with E-state index in [4.69, 9.17) is 0 Å². The highest BCUT2D eigenvalue weighted by Gasteiger charge is 2.33. The normalized spacial score (nSPS) is 12.3. The number of nitrogens with one attached hydrogen (secondary N) is 2. The van der Waals surface area contributed by atoms with E-state index < -0.39 is 11.9 Å². The number of rotatable bonds is 4. The molecule has 2 aromatic heterocycles. The van der Waals surface area contributed by atoms with Gasteiger partial charge in [-0.25, -0.2) is 4.98 Å². The monoisotopic (exact) mass is 343 g/mol. The van der Waals surface area contributed by atoms with Gasteiger partial charge in [-0.1, -0.05) is 6.07 Å². The molecule has 5 nitrogen and oxygen atoms in total. The van der Waals surface area contributed by atoms with Crippen LogP contribution >= 0.6 is 11.3 Å². The first-order valence-electron chi connectivity index (χ1n) is 6.77. The van der Waals surface area contributed by atoms with Crippen LogP contribution in [0, 0.1) is 6.92 Å². The van der Waals surface area contributed by atoms with E-state index in [0.717, 1.165) is 28.1 Å². The van der Waals surface area contributed by atoms with Crippen molar-refractivity contribution in [2.45, 2.75) is 26.2 Å². The Morgan fingerprint density at radius 1 is 1.22 bits per heavy atom. The van der Waals surface area contributed by atoms with Gasteiger partial charge in [0.05, 0.1) is 18.8 Å². The topological polar surface area (TPSA) is 62.2 Å². The van der Waals surface area contributed by atoms with Gasteiger partial charge in [-0.05, 0) is 19.1 Å². The SMILES string of the molecule is CN=C(NCc1cccc(C)n1)NCc1nc(C(F)(F)F)cs1. The Hall–Kier alpha value is -2.16. The fourth-order valence-corrected chi connectivity index (χ4v) is 2.52. The Morgan fingerprint density at radius 2 is 1.96 bits per heavy atom. The van der Waals surface area contributed by atoms with Crippen molar-refractivity contribution in [1.29, 1.82) is 0 Å². The van der Waals surface area contributed by atoms with Crippen LogP contribution < -0.4 is 10.6 Å². The van der Waals surface area contributed by atoms with Crippen LogP contribution in [0.15, 0.2) is 28.6 Å². The van der Waals surface area contributed by atoms with Crippen molar-refractivity contribution >= 4 is 17.3 Å². The number of nitrogens with zero attached hydrogens (tertiary/aromatic N) is 3. The molecule has 0 aliphatic carbocycles. The molecule has 23 heavy (non-hydrogen) atoms. The van der Waals surface area contributed by atoms with Gasteiger partial charge >= 0.3 is 6.18 Å². The Balaban J connectivity index is 1.87. The number of thiazole rings is 1. The minimum Gasteiger partial charge on any atom is -0.351 e. The number of aryl methyl sites for hydroxylation is 1. The van der Waals surface area contributed by atoms with Gasteiger partial charge < -0.3 is 10.6 Å². The second kappa shape index (κ2) is 7.40. The lowest BCUT2D eigenvalue weighted by molar-refractivity contribution is -0.140. The van der Waals surface area contributed by atoms with Gasteiger partial charge in [0.25, 0.3) is 0 Å². The van der Waals surface area contributed by atoms with Crippen LogP contribution in [-0.4, -0.2) is 23.0 Å². The van der Waals surface area contributed by atoms with E-state index in [1.54, 1.807) is 7.05 Å². The molecule has 0 saturated carbocycles. The average molecular weight is 343 g/mol. The third-order valence-corrected chi connectivity index (χ3v) is 3.70. The number of pyridine rings is 1. The van der Waals surface area contributed by atoms with E-state index in [-0.39, 0.29) is 6.54 Å². The van der Waals surface area contributed by atoms with E-state index >= 15 is 0 Å². The highest BCUT2D eigenvalue weighted by Crippen LogP contribution is 2.29. The Labute approximate surface area is 135 Å². The van der Waals surface area contributed by atoms with Crippen molar-refractivity contribution in [2.24, 2.45) is 4.99 Å². The largest absolute Gasteiger partial charge is 0.434 e. The van der Waals surface area contributed by atoms with Gasteiger partial charge in [0.15, 0.2) is 11.7 Å². The molecule has 0 aliphatic heterocycles. The number of guanidine groups is 1. The van der Waals surface area contributed by atoms with Crippen LogP contribution in [0.3, 0.4) is 0 Å². The van der Waals surface area contributed by atoms with Crippen LogP contribution in [0.4, 0.5) is 13.2 Å². The molecule has 0 aromatic carbocycles. The molecular formula is C14H16F3N5S. The maximum atomic E-state index is 12.5.